The molecule has 0 aliphatic heterocycles. The molecule has 10 aromatic rings. The third-order valence-corrected chi connectivity index (χ3v) is 9.34. The van der Waals surface area contributed by atoms with Crippen LogP contribution in [0.2, 0.25) is 0 Å². The highest BCUT2D eigenvalue weighted by Crippen LogP contribution is 2.47. The lowest BCUT2D eigenvalue weighted by Gasteiger charge is -2.18. The molecule has 0 radical (unpaired) electrons. The maximum Gasteiger partial charge on any atom is 0.143 e. The topological polar surface area (TPSA) is 13.1 Å². The summed E-state index contributed by atoms with van der Waals surface area (Å²) in [4.78, 5) is 0. The van der Waals surface area contributed by atoms with Crippen LogP contribution in [0.15, 0.2) is 186 Å². The summed E-state index contributed by atoms with van der Waals surface area (Å²) in [5.74, 6) is 0. The van der Waals surface area contributed by atoms with Gasteiger partial charge in [0.15, 0.2) is 0 Å². The monoisotopic (exact) mass is 632 g/mol. The number of hydrogen-bond donors (Lipinski definition) is 0. The van der Waals surface area contributed by atoms with Crippen molar-refractivity contribution in [3.05, 3.63) is 182 Å². The molecule has 0 amide bonds. The zero-order valence-corrected chi connectivity index (χ0v) is 26.0. The molecule has 228 valence electrons. The predicted octanol–water partition coefficient (Wildman–Crippen LogP) is 13.7. The number of rotatable bonds is 4. The molecule has 0 fully saturated rings. The fourth-order valence-electron chi connectivity index (χ4n) is 7.17. The molecule has 0 saturated heterocycles. The maximum atomic E-state index is 9.40. The van der Waals surface area contributed by atoms with Gasteiger partial charge in [-0.1, -0.05) is 170 Å². The van der Waals surface area contributed by atoms with Crippen molar-refractivity contribution >= 4 is 54.3 Å². The Bertz CT molecular complexity index is 3350. The van der Waals surface area contributed by atoms with Gasteiger partial charge < -0.3 is 4.42 Å². The van der Waals surface area contributed by atoms with Gasteiger partial charge >= 0.3 is 0 Å². The van der Waals surface area contributed by atoms with Gasteiger partial charge in [0, 0.05) is 21.9 Å². The Labute approximate surface area is 298 Å². The Morgan fingerprint density at radius 3 is 1.73 bits per heavy atom. The predicted molar refractivity (Wildman–Crippen MR) is 208 cm³/mol. The number of para-hydroxylation sites is 1. The van der Waals surface area contributed by atoms with E-state index in [4.69, 9.17) is 15.4 Å². The van der Waals surface area contributed by atoms with Crippen LogP contribution in [0.1, 0.15) is 13.7 Å². The fourth-order valence-corrected chi connectivity index (χ4v) is 7.17. The minimum absolute atomic E-state index is 0.0497. The average molecular weight is 633 g/mol. The Kier molecular flexibility index (Phi) is 4.39. The second-order valence-electron chi connectivity index (χ2n) is 12.0. The van der Waals surface area contributed by atoms with Gasteiger partial charge in [-0.2, -0.15) is 0 Å². The van der Waals surface area contributed by atoms with E-state index in [2.05, 4.69) is 54.6 Å². The average Bonchev–Trinajstić information content (AvgIpc) is 3.67. The second-order valence-corrected chi connectivity index (χ2v) is 12.0. The first kappa shape index (κ1) is 19.4. The molecular formula is C48H30O. The van der Waals surface area contributed by atoms with Crippen molar-refractivity contribution in [1.29, 1.82) is 0 Å². The van der Waals surface area contributed by atoms with Crippen molar-refractivity contribution < 1.29 is 18.1 Å². The van der Waals surface area contributed by atoms with Gasteiger partial charge in [-0.15, -0.1) is 0 Å². The zero-order valence-electron chi connectivity index (χ0n) is 36.0. The van der Waals surface area contributed by atoms with Crippen LogP contribution >= 0.6 is 0 Å². The van der Waals surface area contributed by atoms with Gasteiger partial charge in [0.05, 0.1) is 13.7 Å². The molecule has 9 aromatic carbocycles. The van der Waals surface area contributed by atoms with E-state index in [1.165, 1.54) is 11.5 Å². The van der Waals surface area contributed by atoms with Crippen molar-refractivity contribution in [3.8, 4) is 44.5 Å². The number of hydrogen-bond acceptors (Lipinski definition) is 1. The first-order chi connectivity index (χ1) is 28.5. The lowest BCUT2D eigenvalue weighted by Crippen LogP contribution is -1.91. The summed E-state index contributed by atoms with van der Waals surface area (Å²) < 4.78 is 94.1. The summed E-state index contributed by atoms with van der Waals surface area (Å²) in [6.45, 7) is 0. The van der Waals surface area contributed by atoms with Gasteiger partial charge in [-0.3, -0.25) is 0 Å². The first-order valence-electron chi connectivity index (χ1n) is 21.0. The first-order valence-corrected chi connectivity index (χ1v) is 16.0. The molecule has 49 heavy (non-hydrogen) atoms. The highest BCUT2D eigenvalue weighted by atomic mass is 16.3. The molecule has 1 heterocycles. The highest BCUT2D eigenvalue weighted by molar-refractivity contribution is 6.24. The Balaban J connectivity index is 1.25. The Morgan fingerprint density at radius 1 is 0.367 bits per heavy atom. The largest absolute Gasteiger partial charge is 0.455 e. The van der Waals surface area contributed by atoms with Crippen LogP contribution in [-0.2, 0) is 0 Å². The van der Waals surface area contributed by atoms with Crippen LogP contribution < -0.4 is 0 Å². The van der Waals surface area contributed by atoms with E-state index in [9.17, 15) is 2.74 Å². The quantitative estimate of drug-likeness (QED) is 0.176. The molecule has 1 heteroatoms. The van der Waals surface area contributed by atoms with E-state index < -0.39 is 30.2 Å². The summed E-state index contributed by atoms with van der Waals surface area (Å²) in [7, 11) is 0. The molecule has 1 nitrogen and oxygen atoms in total. The smallest absolute Gasteiger partial charge is 0.143 e. The van der Waals surface area contributed by atoms with Crippen molar-refractivity contribution in [2.75, 3.05) is 0 Å². The maximum absolute atomic E-state index is 9.40. The molecule has 0 spiro atoms. The summed E-state index contributed by atoms with van der Waals surface area (Å²) in [5, 5.41) is 5.79. The molecule has 10 rings (SSSR count). The van der Waals surface area contributed by atoms with E-state index >= 15 is 0 Å². The van der Waals surface area contributed by atoms with Gasteiger partial charge in [0.2, 0.25) is 0 Å². The molecule has 0 aliphatic rings. The van der Waals surface area contributed by atoms with E-state index in [1.54, 1.807) is 0 Å². The summed E-state index contributed by atoms with van der Waals surface area (Å²) in [6.07, 6.45) is 0. The number of fused-ring (bicyclic) bond motifs is 6. The van der Waals surface area contributed by atoms with Crippen molar-refractivity contribution in [2.24, 2.45) is 0 Å². The van der Waals surface area contributed by atoms with Crippen molar-refractivity contribution in [3.63, 3.8) is 0 Å². The highest BCUT2D eigenvalue weighted by Gasteiger charge is 2.20. The van der Waals surface area contributed by atoms with Crippen LogP contribution in [0, 0.1) is 0 Å². The summed E-state index contributed by atoms with van der Waals surface area (Å²) in [6, 6.07) is 35.7. The van der Waals surface area contributed by atoms with E-state index in [0.29, 0.717) is 5.56 Å². The van der Waals surface area contributed by atoms with Crippen molar-refractivity contribution in [1.82, 2.24) is 0 Å². The van der Waals surface area contributed by atoms with Crippen LogP contribution in [0.4, 0.5) is 0 Å². The molecule has 0 aliphatic carbocycles. The molecular weight excluding hydrogens is 593 g/mol. The van der Waals surface area contributed by atoms with E-state index in [1.807, 2.05) is 60.7 Å². The van der Waals surface area contributed by atoms with Crippen LogP contribution in [0.3, 0.4) is 0 Å². The third kappa shape index (κ3) is 4.40. The third-order valence-electron chi connectivity index (χ3n) is 9.34. The van der Waals surface area contributed by atoms with Crippen LogP contribution in [-0.4, -0.2) is 0 Å². The summed E-state index contributed by atoms with van der Waals surface area (Å²) in [5.41, 5.74) is 4.55. The molecule has 0 saturated carbocycles. The standard InChI is InChI=1S/C48H30O/c1-2-12-31(13-3-1)35-28-29-38-43-22-11-23-44(48(43)49-45(38)30-35)47-41-19-8-6-17-39(41)46(40-18-7-9-20-42(40)47)34-26-24-33(25-27-34)37-21-10-15-32-14-4-5-16-36(32)37/h1-30H/i1D,2D,3D,11D,12D,13D,22D,23D,29D,30D. The lowest BCUT2D eigenvalue weighted by atomic mass is 9.85. The normalized spacial score (nSPS) is 14.5. The number of benzene rings is 9. The Morgan fingerprint density at radius 2 is 1.00 bits per heavy atom. The number of furan rings is 1. The SMILES string of the molecule is [2H]c1c([2H])c([2H])c(-c2cc([2H])c3c(oc4c(-c5c6ccccc6c(-c6ccc(-c7cccc8ccccc78)cc6)c6ccccc56)c([2H])c([2H])c([2H])c43)c2[2H])c([2H])c1[2H]. The lowest BCUT2D eigenvalue weighted by molar-refractivity contribution is 0.670. The van der Waals surface area contributed by atoms with Gasteiger partial charge in [0.1, 0.15) is 11.2 Å². The van der Waals surface area contributed by atoms with Crippen LogP contribution in [0.5, 0.6) is 0 Å². The van der Waals surface area contributed by atoms with Crippen molar-refractivity contribution in [2.45, 2.75) is 0 Å². The minimum Gasteiger partial charge on any atom is -0.455 e. The molecule has 0 atom stereocenters. The van der Waals surface area contributed by atoms with Gasteiger partial charge in [-0.05, 0) is 77.8 Å². The van der Waals surface area contributed by atoms with Gasteiger partial charge in [-0.25, -0.2) is 0 Å². The van der Waals surface area contributed by atoms with E-state index in [0.717, 1.165) is 49.2 Å². The zero-order chi connectivity index (χ0) is 41.0. The molecule has 1 aromatic heterocycles. The molecule has 0 unspecified atom stereocenters. The Hall–Kier alpha value is -6.44. The molecule has 0 bridgehead atoms. The second kappa shape index (κ2) is 11.1. The molecule has 0 N–H and O–H groups in total. The summed E-state index contributed by atoms with van der Waals surface area (Å²) >= 11 is 0. The minimum atomic E-state index is -0.580. The van der Waals surface area contributed by atoms with Crippen LogP contribution in [0.25, 0.3) is 98.8 Å². The fraction of sp³-hybridized carbons (Fsp3) is 0. The van der Waals surface area contributed by atoms with E-state index in [-0.39, 0.29) is 68.8 Å². The van der Waals surface area contributed by atoms with Gasteiger partial charge in [0.25, 0.3) is 0 Å².